The van der Waals surface area contributed by atoms with E-state index in [9.17, 15) is 13.2 Å². The molecule has 0 aromatic heterocycles. The van der Waals surface area contributed by atoms with Crippen LogP contribution in [0.2, 0.25) is 0 Å². The van der Waals surface area contributed by atoms with Gasteiger partial charge in [0.05, 0.1) is 10.5 Å². The van der Waals surface area contributed by atoms with E-state index < -0.39 is 14.7 Å². The average Bonchev–Trinajstić information content (AvgIpc) is 2.37. The van der Waals surface area contributed by atoms with Crippen LogP contribution in [0.25, 0.3) is 0 Å². The number of benzene rings is 1. The number of hydrogen-bond acceptors (Lipinski definition) is 4. The molecule has 0 saturated carbocycles. The summed E-state index contributed by atoms with van der Waals surface area (Å²) in [6.45, 7) is 5.49. The lowest BCUT2D eigenvalue weighted by Gasteiger charge is -2.23. The molecule has 1 aromatic carbocycles. The molecule has 0 radical (unpaired) electrons. The van der Waals surface area contributed by atoms with Crippen LogP contribution in [0.1, 0.15) is 29.8 Å². The largest absolute Gasteiger partial charge is 0.377 e. The molecule has 0 aliphatic heterocycles. The third kappa shape index (κ3) is 4.95. The standard InChI is InChI=1S/C13H17BrClNO4S/c1-8-10(12(17)16-7-13(2,3)20-4)5-9(14)6-11(8)21(15,18)19/h5-6H,7H2,1-4H3,(H,16,17). The van der Waals surface area contributed by atoms with Crippen LogP contribution in [0, 0.1) is 6.92 Å². The molecule has 1 rings (SSSR count). The summed E-state index contributed by atoms with van der Waals surface area (Å²) in [5, 5.41) is 2.71. The summed E-state index contributed by atoms with van der Waals surface area (Å²) in [5.41, 5.74) is 0.0353. The van der Waals surface area contributed by atoms with Gasteiger partial charge in [-0.3, -0.25) is 4.79 Å². The lowest BCUT2D eigenvalue weighted by atomic mass is 10.1. The summed E-state index contributed by atoms with van der Waals surface area (Å²) >= 11 is 3.18. The highest BCUT2D eigenvalue weighted by Crippen LogP contribution is 2.27. The number of amides is 1. The summed E-state index contributed by atoms with van der Waals surface area (Å²) in [7, 11) is 3.01. The molecule has 1 N–H and O–H groups in total. The Kier molecular flexibility index (Phi) is 5.83. The van der Waals surface area contributed by atoms with Crippen molar-refractivity contribution >= 4 is 41.6 Å². The Labute approximate surface area is 137 Å². The van der Waals surface area contributed by atoms with Gasteiger partial charge in [-0.25, -0.2) is 8.42 Å². The van der Waals surface area contributed by atoms with Gasteiger partial charge in [0, 0.05) is 34.4 Å². The molecule has 0 bridgehead atoms. The van der Waals surface area contributed by atoms with Crippen molar-refractivity contribution in [3.8, 4) is 0 Å². The van der Waals surface area contributed by atoms with E-state index in [0.717, 1.165) is 0 Å². The summed E-state index contributed by atoms with van der Waals surface area (Å²) in [6.07, 6.45) is 0. The third-order valence-electron chi connectivity index (χ3n) is 3.06. The highest BCUT2D eigenvalue weighted by molar-refractivity contribution is 9.10. The maximum Gasteiger partial charge on any atom is 0.261 e. The summed E-state index contributed by atoms with van der Waals surface area (Å²) in [5.74, 6) is -0.388. The Morgan fingerprint density at radius 1 is 1.43 bits per heavy atom. The highest BCUT2D eigenvalue weighted by Gasteiger charge is 2.22. The highest BCUT2D eigenvalue weighted by atomic mass is 79.9. The summed E-state index contributed by atoms with van der Waals surface area (Å²) < 4.78 is 28.8. The van der Waals surface area contributed by atoms with Gasteiger partial charge in [0.25, 0.3) is 15.0 Å². The van der Waals surface area contributed by atoms with Gasteiger partial charge in [-0.15, -0.1) is 0 Å². The Balaban J connectivity index is 3.14. The quantitative estimate of drug-likeness (QED) is 0.774. The molecular formula is C13H17BrClNO4S. The predicted molar refractivity (Wildman–Crippen MR) is 85.3 cm³/mol. The topological polar surface area (TPSA) is 72.5 Å². The maximum atomic E-state index is 12.2. The molecule has 5 nitrogen and oxygen atoms in total. The number of carbonyl (C=O) groups excluding carboxylic acids is 1. The number of hydrogen-bond donors (Lipinski definition) is 1. The number of methoxy groups -OCH3 is 1. The SMILES string of the molecule is COC(C)(C)CNC(=O)c1cc(Br)cc(S(=O)(=O)Cl)c1C. The second-order valence-corrected chi connectivity index (χ2v) is 8.61. The second kappa shape index (κ2) is 6.64. The van der Waals surface area contributed by atoms with Crippen molar-refractivity contribution in [3.63, 3.8) is 0 Å². The number of ether oxygens (including phenoxy) is 1. The molecule has 0 unspecified atom stereocenters. The number of halogens is 2. The van der Waals surface area contributed by atoms with E-state index in [1.54, 1.807) is 13.2 Å². The van der Waals surface area contributed by atoms with E-state index in [1.165, 1.54) is 13.0 Å². The van der Waals surface area contributed by atoms with Gasteiger partial charge >= 0.3 is 0 Å². The molecule has 0 spiro atoms. The minimum absolute atomic E-state index is 0.0882. The normalized spacial score (nSPS) is 12.3. The van der Waals surface area contributed by atoms with Crippen LogP contribution in [0.4, 0.5) is 0 Å². The van der Waals surface area contributed by atoms with Gasteiger partial charge in [-0.05, 0) is 38.5 Å². The molecule has 118 valence electrons. The first-order valence-electron chi connectivity index (χ1n) is 6.06. The molecule has 8 heteroatoms. The van der Waals surface area contributed by atoms with E-state index in [1.807, 2.05) is 13.8 Å². The van der Waals surface area contributed by atoms with E-state index in [0.29, 0.717) is 10.0 Å². The Morgan fingerprint density at radius 2 is 2.00 bits per heavy atom. The van der Waals surface area contributed by atoms with Crippen LogP contribution in [-0.4, -0.2) is 33.6 Å². The molecule has 0 heterocycles. The smallest absolute Gasteiger partial charge is 0.261 e. The van der Waals surface area contributed by atoms with E-state index >= 15 is 0 Å². The van der Waals surface area contributed by atoms with E-state index in [4.69, 9.17) is 15.4 Å². The lowest BCUT2D eigenvalue weighted by Crippen LogP contribution is -2.40. The van der Waals surface area contributed by atoms with Crippen molar-refractivity contribution < 1.29 is 17.9 Å². The monoisotopic (exact) mass is 397 g/mol. The predicted octanol–water partition coefficient (Wildman–Crippen LogP) is 2.84. The van der Waals surface area contributed by atoms with E-state index in [2.05, 4.69) is 21.2 Å². The number of carbonyl (C=O) groups is 1. The van der Waals surface area contributed by atoms with Crippen molar-refractivity contribution in [2.45, 2.75) is 31.3 Å². The molecule has 0 saturated heterocycles. The van der Waals surface area contributed by atoms with E-state index in [-0.39, 0.29) is 22.9 Å². The van der Waals surface area contributed by atoms with Crippen LogP contribution in [-0.2, 0) is 13.8 Å². The summed E-state index contributed by atoms with van der Waals surface area (Å²) in [4.78, 5) is 12.1. The molecule has 0 fully saturated rings. The van der Waals surface area contributed by atoms with Gasteiger partial charge in [-0.1, -0.05) is 15.9 Å². The van der Waals surface area contributed by atoms with Crippen molar-refractivity contribution in [2.75, 3.05) is 13.7 Å². The van der Waals surface area contributed by atoms with Crippen LogP contribution >= 0.6 is 26.6 Å². The molecule has 0 atom stereocenters. The van der Waals surface area contributed by atoms with Crippen molar-refractivity contribution in [1.29, 1.82) is 0 Å². The number of nitrogens with one attached hydrogen (secondary N) is 1. The first-order valence-corrected chi connectivity index (χ1v) is 9.16. The second-order valence-electron chi connectivity index (χ2n) is 5.16. The van der Waals surface area contributed by atoms with Gasteiger partial charge in [0.15, 0.2) is 0 Å². The molecule has 21 heavy (non-hydrogen) atoms. The zero-order valence-corrected chi connectivity index (χ0v) is 15.3. The Morgan fingerprint density at radius 3 is 2.48 bits per heavy atom. The zero-order chi connectivity index (χ0) is 16.4. The Bertz CT molecular complexity index is 658. The average molecular weight is 399 g/mol. The minimum atomic E-state index is -3.92. The third-order valence-corrected chi connectivity index (χ3v) is 4.97. The fraction of sp³-hybridized carbons (Fsp3) is 0.462. The van der Waals surface area contributed by atoms with Gasteiger partial charge in [0.2, 0.25) is 0 Å². The number of rotatable bonds is 5. The molecule has 1 aromatic rings. The zero-order valence-electron chi connectivity index (χ0n) is 12.2. The van der Waals surface area contributed by atoms with Crippen molar-refractivity contribution in [1.82, 2.24) is 5.32 Å². The van der Waals surface area contributed by atoms with Crippen LogP contribution in [0.5, 0.6) is 0 Å². The summed E-state index contributed by atoms with van der Waals surface area (Å²) in [6, 6.07) is 2.92. The van der Waals surface area contributed by atoms with Crippen molar-refractivity contribution in [2.24, 2.45) is 0 Å². The van der Waals surface area contributed by atoms with Crippen LogP contribution in [0.15, 0.2) is 21.5 Å². The lowest BCUT2D eigenvalue weighted by molar-refractivity contribution is 0.0228. The fourth-order valence-corrected chi connectivity index (χ4v) is 3.44. The molecular weight excluding hydrogens is 382 g/mol. The fourth-order valence-electron chi connectivity index (χ4n) is 1.60. The molecule has 0 aliphatic carbocycles. The first-order chi connectivity index (χ1) is 9.48. The van der Waals surface area contributed by atoms with Gasteiger partial charge in [0.1, 0.15) is 0 Å². The first kappa shape index (κ1) is 18.4. The van der Waals surface area contributed by atoms with Gasteiger partial charge in [-0.2, -0.15) is 0 Å². The van der Waals surface area contributed by atoms with Crippen LogP contribution < -0.4 is 5.32 Å². The maximum absolute atomic E-state index is 12.2. The molecule has 0 aliphatic rings. The minimum Gasteiger partial charge on any atom is -0.377 e. The Hall–Kier alpha value is -0.630. The van der Waals surface area contributed by atoms with Crippen molar-refractivity contribution in [3.05, 3.63) is 27.7 Å². The van der Waals surface area contributed by atoms with Crippen LogP contribution in [0.3, 0.4) is 0 Å². The van der Waals surface area contributed by atoms with Gasteiger partial charge < -0.3 is 10.1 Å². The molecule has 1 amide bonds.